The average molecular weight is 287 g/mol. The first-order valence-corrected chi connectivity index (χ1v) is 6.97. The molecule has 0 saturated carbocycles. The maximum atomic E-state index is 5.77. The lowest BCUT2D eigenvalue weighted by atomic mass is 10.1. The fourth-order valence-electron chi connectivity index (χ4n) is 2.48. The highest BCUT2D eigenvalue weighted by molar-refractivity contribution is 5.83. The van der Waals surface area contributed by atoms with E-state index in [2.05, 4.69) is 9.97 Å². The molecule has 2 heterocycles. The van der Waals surface area contributed by atoms with Crippen LogP contribution in [0.5, 0.6) is 0 Å². The second kappa shape index (κ2) is 5.00. The van der Waals surface area contributed by atoms with Crippen LogP contribution in [0, 0.1) is 0 Å². The third-order valence-corrected chi connectivity index (χ3v) is 3.54. The van der Waals surface area contributed by atoms with Gasteiger partial charge in [-0.15, -0.1) is 0 Å². The van der Waals surface area contributed by atoms with Crippen molar-refractivity contribution < 1.29 is 4.42 Å². The maximum Gasteiger partial charge on any atom is 0.143 e. The van der Waals surface area contributed by atoms with Crippen LogP contribution in [-0.4, -0.2) is 9.97 Å². The molecule has 0 unspecified atom stereocenters. The van der Waals surface area contributed by atoms with Gasteiger partial charge in [0, 0.05) is 16.8 Å². The minimum Gasteiger partial charge on any atom is -0.464 e. The first kappa shape index (κ1) is 12.6. The summed E-state index contributed by atoms with van der Waals surface area (Å²) in [5.74, 6) is 0.796. The minimum atomic E-state index is 0.683. The summed E-state index contributed by atoms with van der Waals surface area (Å²) in [6, 6.07) is 17.4. The Morgan fingerprint density at radius 2 is 1.77 bits per heavy atom. The fraction of sp³-hybridized carbons (Fsp3) is 0. The number of aromatic nitrogens is 2. The van der Waals surface area contributed by atoms with E-state index in [4.69, 9.17) is 10.2 Å². The van der Waals surface area contributed by atoms with Gasteiger partial charge in [0.15, 0.2) is 0 Å². The van der Waals surface area contributed by atoms with Gasteiger partial charge in [-0.3, -0.25) is 4.98 Å². The van der Waals surface area contributed by atoms with Crippen molar-refractivity contribution in [1.29, 1.82) is 0 Å². The summed E-state index contributed by atoms with van der Waals surface area (Å²) < 4.78 is 5.65. The third kappa shape index (κ3) is 2.11. The molecule has 0 radical (unpaired) electrons. The van der Waals surface area contributed by atoms with E-state index in [9.17, 15) is 0 Å². The molecule has 4 heteroatoms. The van der Waals surface area contributed by atoms with Gasteiger partial charge in [-0.2, -0.15) is 0 Å². The number of nitrogens with zero attached hydrogens (tertiary/aromatic N) is 2. The first-order valence-electron chi connectivity index (χ1n) is 6.97. The van der Waals surface area contributed by atoms with Crippen LogP contribution in [-0.2, 0) is 0 Å². The van der Waals surface area contributed by atoms with E-state index in [1.165, 1.54) is 0 Å². The molecular formula is C18H13N3O. The van der Waals surface area contributed by atoms with Crippen LogP contribution in [0.3, 0.4) is 0 Å². The summed E-state index contributed by atoms with van der Waals surface area (Å²) in [6.45, 7) is 0. The van der Waals surface area contributed by atoms with E-state index in [0.717, 1.165) is 33.6 Å². The zero-order chi connectivity index (χ0) is 14.9. The molecule has 2 aromatic carbocycles. The smallest absolute Gasteiger partial charge is 0.143 e. The number of benzene rings is 2. The van der Waals surface area contributed by atoms with Gasteiger partial charge < -0.3 is 10.2 Å². The molecule has 0 aliphatic heterocycles. The monoisotopic (exact) mass is 287 g/mol. The Labute approximate surface area is 127 Å². The number of anilines is 1. The number of nitrogens with two attached hydrogens (primary N) is 1. The summed E-state index contributed by atoms with van der Waals surface area (Å²) in [5.41, 5.74) is 10.8. The predicted molar refractivity (Wildman–Crippen MR) is 87.1 cm³/mol. The SMILES string of the molecule is Nc1ccc2nc(-c3ccoc3-c3ccccc3)cnc2c1. The highest BCUT2D eigenvalue weighted by atomic mass is 16.3. The molecule has 2 N–H and O–H groups in total. The van der Waals surface area contributed by atoms with Crippen molar-refractivity contribution >= 4 is 16.7 Å². The molecule has 106 valence electrons. The van der Waals surface area contributed by atoms with E-state index in [-0.39, 0.29) is 0 Å². The average Bonchev–Trinajstić information content (AvgIpc) is 3.05. The van der Waals surface area contributed by atoms with Crippen LogP contribution in [0.4, 0.5) is 5.69 Å². The summed E-state index contributed by atoms with van der Waals surface area (Å²) in [7, 11) is 0. The van der Waals surface area contributed by atoms with Crippen LogP contribution >= 0.6 is 0 Å². The molecule has 0 aliphatic carbocycles. The topological polar surface area (TPSA) is 64.9 Å². The van der Waals surface area contributed by atoms with Crippen molar-refractivity contribution in [1.82, 2.24) is 9.97 Å². The minimum absolute atomic E-state index is 0.683. The Hall–Kier alpha value is -3.14. The first-order chi connectivity index (χ1) is 10.8. The Morgan fingerprint density at radius 1 is 0.909 bits per heavy atom. The summed E-state index contributed by atoms with van der Waals surface area (Å²) in [4.78, 5) is 9.12. The summed E-state index contributed by atoms with van der Waals surface area (Å²) in [6.07, 6.45) is 3.42. The van der Waals surface area contributed by atoms with E-state index < -0.39 is 0 Å². The van der Waals surface area contributed by atoms with Gasteiger partial charge in [0.1, 0.15) is 5.76 Å². The highest BCUT2D eigenvalue weighted by Gasteiger charge is 2.13. The molecule has 22 heavy (non-hydrogen) atoms. The van der Waals surface area contributed by atoms with Gasteiger partial charge in [0.05, 0.1) is 29.2 Å². The fourth-order valence-corrected chi connectivity index (χ4v) is 2.48. The van der Waals surface area contributed by atoms with Crippen molar-refractivity contribution in [2.24, 2.45) is 0 Å². The quantitative estimate of drug-likeness (QED) is 0.563. The van der Waals surface area contributed by atoms with Crippen molar-refractivity contribution in [3.63, 3.8) is 0 Å². The Kier molecular flexibility index (Phi) is 2.86. The molecule has 0 fully saturated rings. The number of hydrogen-bond acceptors (Lipinski definition) is 4. The molecule has 2 aromatic heterocycles. The molecule has 0 atom stereocenters. The highest BCUT2D eigenvalue weighted by Crippen LogP contribution is 2.32. The number of hydrogen-bond donors (Lipinski definition) is 1. The van der Waals surface area contributed by atoms with E-state index >= 15 is 0 Å². The summed E-state index contributed by atoms with van der Waals surface area (Å²) in [5, 5.41) is 0. The van der Waals surface area contributed by atoms with Crippen molar-refractivity contribution in [2.75, 3.05) is 5.73 Å². The zero-order valence-corrected chi connectivity index (χ0v) is 11.7. The lowest BCUT2D eigenvalue weighted by Crippen LogP contribution is -1.91. The van der Waals surface area contributed by atoms with Gasteiger partial charge in [0.25, 0.3) is 0 Å². The zero-order valence-electron chi connectivity index (χ0n) is 11.7. The number of rotatable bonds is 2. The van der Waals surface area contributed by atoms with Crippen molar-refractivity contribution in [3.05, 3.63) is 67.1 Å². The van der Waals surface area contributed by atoms with Gasteiger partial charge in [-0.25, -0.2) is 4.98 Å². The van der Waals surface area contributed by atoms with Crippen LogP contribution in [0.25, 0.3) is 33.6 Å². The Morgan fingerprint density at radius 3 is 2.64 bits per heavy atom. The number of fused-ring (bicyclic) bond motifs is 1. The lowest BCUT2D eigenvalue weighted by Gasteiger charge is -2.04. The number of nitrogen functional groups attached to an aromatic ring is 1. The molecule has 0 saturated heterocycles. The van der Waals surface area contributed by atoms with E-state index in [0.29, 0.717) is 5.69 Å². The van der Waals surface area contributed by atoms with Crippen LogP contribution in [0.15, 0.2) is 71.5 Å². The van der Waals surface area contributed by atoms with Crippen molar-refractivity contribution in [2.45, 2.75) is 0 Å². The van der Waals surface area contributed by atoms with E-state index in [1.54, 1.807) is 12.5 Å². The second-order valence-corrected chi connectivity index (χ2v) is 5.03. The Bertz CT molecular complexity index is 945. The molecule has 4 aromatic rings. The normalized spacial score (nSPS) is 10.9. The summed E-state index contributed by atoms with van der Waals surface area (Å²) >= 11 is 0. The molecule has 0 bridgehead atoms. The van der Waals surface area contributed by atoms with Gasteiger partial charge in [-0.05, 0) is 24.3 Å². The lowest BCUT2D eigenvalue weighted by molar-refractivity contribution is 0.583. The Balaban J connectivity index is 1.86. The van der Waals surface area contributed by atoms with Gasteiger partial charge >= 0.3 is 0 Å². The molecule has 4 rings (SSSR count). The third-order valence-electron chi connectivity index (χ3n) is 3.54. The van der Waals surface area contributed by atoms with E-state index in [1.807, 2.05) is 54.6 Å². The van der Waals surface area contributed by atoms with Gasteiger partial charge in [0.2, 0.25) is 0 Å². The maximum absolute atomic E-state index is 5.77. The predicted octanol–water partition coefficient (Wildman–Crippen LogP) is 4.14. The van der Waals surface area contributed by atoms with Crippen LogP contribution < -0.4 is 5.73 Å². The molecular weight excluding hydrogens is 274 g/mol. The molecule has 0 aliphatic rings. The van der Waals surface area contributed by atoms with Crippen LogP contribution in [0.1, 0.15) is 0 Å². The number of furan rings is 1. The molecule has 0 spiro atoms. The molecule has 0 amide bonds. The second-order valence-electron chi connectivity index (χ2n) is 5.03. The van der Waals surface area contributed by atoms with Gasteiger partial charge in [-0.1, -0.05) is 30.3 Å². The van der Waals surface area contributed by atoms with Crippen molar-refractivity contribution in [3.8, 4) is 22.6 Å². The standard InChI is InChI=1S/C18H13N3O/c19-13-6-7-15-16(10-13)20-11-17(21-15)14-8-9-22-18(14)12-4-2-1-3-5-12/h1-11H,19H2. The largest absolute Gasteiger partial charge is 0.464 e. The van der Waals surface area contributed by atoms with Crippen LogP contribution in [0.2, 0.25) is 0 Å². The molecule has 4 nitrogen and oxygen atoms in total.